The number of guanidine groups is 1. The standard InChI is InChI=1S/C28H40F2N8O3/c1-19-24(36-14-17-41-18-15-36)33-28(31-20(2)27(39)37-12-10-35(11-13-37)9-6-16-40-3)34-25(19)38-22-8-5-4-7-21(22)32-26(38)23(29)30/h4-5,7-8,19-20,23-24H,6,9-18H2,1-3H3,(H,31,33)/t19?,20-,24?/m0/s1. The van der Waals surface area contributed by atoms with Crippen molar-refractivity contribution in [2.24, 2.45) is 15.9 Å². The Bertz CT molecular complexity index is 1250. The summed E-state index contributed by atoms with van der Waals surface area (Å²) in [6, 6.07) is 6.48. The molecule has 1 aromatic carbocycles. The van der Waals surface area contributed by atoms with Crippen LogP contribution in [0.4, 0.5) is 8.78 Å². The Morgan fingerprint density at radius 2 is 1.88 bits per heavy atom. The molecule has 3 aliphatic rings. The molecule has 1 N–H and O–H groups in total. The van der Waals surface area contributed by atoms with E-state index < -0.39 is 12.5 Å². The minimum absolute atomic E-state index is 0.0381. The first kappa shape index (κ1) is 29.5. The Labute approximate surface area is 239 Å². The number of nitrogens with zero attached hydrogens (tertiary/aromatic N) is 7. The van der Waals surface area contributed by atoms with E-state index in [0.29, 0.717) is 56.3 Å². The maximum absolute atomic E-state index is 14.3. The molecule has 1 amide bonds. The number of methoxy groups -OCH3 is 1. The number of aliphatic imine (C=N–C) groups is 2. The summed E-state index contributed by atoms with van der Waals surface area (Å²) >= 11 is 0. The van der Waals surface area contributed by atoms with Crippen molar-refractivity contribution in [3.8, 4) is 0 Å². The van der Waals surface area contributed by atoms with Crippen LogP contribution in [0, 0.1) is 5.92 Å². The summed E-state index contributed by atoms with van der Waals surface area (Å²) in [7, 11) is 1.70. The number of amides is 1. The van der Waals surface area contributed by atoms with Gasteiger partial charge in [0.05, 0.1) is 30.2 Å². The third kappa shape index (κ3) is 6.58. The van der Waals surface area contributed by atoms with Crippen LogP contribution in [-0.2, 0) is 14.3 Å². The van der Waals surface area contributed by atoms with Gasteiger partial charge in [0.15, 0.2) is 5.82 Å². The number of nitrogens with one attached hydrogen (secondary N) is 1. The summed E-state index contributed by atoms with van der Waals surface area (Å²) < 4.78 is 40.7. The van der Waals surface area contributed by atoms with Gasteiger partial charge in [0.2, 0.25) is 11.9 Å². The third-order valence-electron chi connectivity index (χ3n) is 7.98. The highest BCUT2D eigenvalue weighted by Gasteiger charge is 2.37. The number of morpholine rings is 1. The molecule has 2 aromatic rings. The monoisotopic (exact) mass is 574 g/mol. The van der Waals surface area contributed by atoms with Crippen LogP contribution in [0.15, 0.2) is 34.3 Å². The molecular formula is C28H40F2N8O3. The maximum Gasteiger partial charge on any atom is 0.296 e. The number of fused-ring (bicyclic) bond motifs is 1. The van der Waals surface area contributed by atoms with Crippen LogP contribution < -0.4 is 5.32 Å². The zero-order valence-corrected chi connectivity index (χ0v) is 24.0. The summed E-state index contributed by atoms with van der Waals surface area (Å²) in [6.07, 6.45) is -2.19. The molecule has 2 unspecified atom stereocenters. The Hall–Kier alpha value is -3.00. The molecule has 3 atom stereocenters. The molecule has 11 nitrogen and oxygen atoms in total. The largest absolute Gasteiger partial charge is 0.385 e. The number of imidazole rings is 1. The Morgan fingerprint density at radius 3 is 2.59 bits per heavy atom. The lowest BCUT2D eigenvalue weighted by atomic mass is 10.0. The van der Waals surface area contributed by atoms with Gasteiger partial charge in [0.25, 0.3) is 6.43 Å². The smallest absolute Gasteiger partial charge is 0.296 e. The van der Waals surface area contributed by atoms with Crippen LogP contribution in [0.25, 0.3) is 11.0 Å². The second-order valence-corrected chi connectivity index (χ2v) is 10.7. The SMILES string of the molecule is COCCCN1CCN(C(=O)[C@H](C)NC2=NC(N3CCOCC3)C(C)C(n3c(C(F)F)nc4ccccc43)=N2)CC1. The van der Waals surface area contributed by atoms with Gasteiger partial charge in [-0.25, -0.2) is 18.8 Å². The zero-order valence-electron chi connectivity index (χ0n) is 24.0. The number of hydrogen-bond acceptors (Lipinski definition) is 9. The van der Waals surface area contributed by atoms with Crippen molar-refractivity contribution in [2.45, 2.75) is 38.9 Å². The first-order valence-corrected chi connectivity index (χ1v) is 14.4. The van der Waals surface area contributed by atoms with Crippen molar-refractivity contribution in [1.29, 1.82) is 0 Å². The van der Waals surface area contributed by atoms with Crippen LogP contribution in [-0.4, -0.2) is 127 Å². The predicted octanol–water partition coefficient (Wildman–Crippen LogP) is 2.04. The molecule has 5 rings (SSSR count). The van der Waals surface area contributed by atoms with Crippen molar-refractivity contribution >= 4 is 28.7 Å². The quantitative estimate of drug-likeness (QED) is 0.482. The number of halogens is 2. The molecule has 1 aromatic heterocycles. The molecule has 0 spiro atoms. The number of piperazine rings is 1. The van der Waals surface area contributed by atoms with Crippen molar-refractivity contribution in [1.82, 2.24) is 29.6 Å². The zero-order chi connectivity index (χ0) is 28.9. The van der Waals surface area contributed by atoms with E-state index in [2.05, 4.69) is 20.1 Å². The average molecular weight is 575 g/mol. The fourth-order valence-electron chi connectivity index (χ4n) is 5.76. The molecule has 4 heterocycles. The highest BCUT2D eigenvalue weighted by molar-refractivity contribution is 6.05. The van der Waals surface area contributed by atoms with Crippen molar-refractivity contribution in [2.75, 3.05) is 72.7 Å². The van der Waals surface area contributed by atoms with Crippen molar-refractivity contribution < 1.29 is 23.0 Å². The fraction of sp³-hybridized carbons (Fsp3) is 0.643. The van der Waals surface area contributed by atoms with Gasteiger partial charge in [0.1, 0.15) is 18.0 Å². The number of ether oxygens (including phenoxy) is 2. The molecule has 0 radical (unpaired) electrons. The molecule has 2 saturated heterocycles. The van der Waals surface area contributed by atoms with Crippen LogP contribution in [0.1, 0.15) is 32.5 Å². The van der Waals surface area contributed by atoms with Crippen molar-refractivity contribution in [3.63, 3.8) is 0 Å². The topological polar surface area (TPSA) is 99.8 Å². The summed E-state index contributed by atoms with van der Waals surface area (Å²) in [5.41, 5.74) is 1.03. The first-order valence-electron chi connectivity index (χ1n) is 14.4. The van der Waals surface area contributed by atoms with Gasteiger partial charge in [-0.15, -0.1) is 0 Å². The number of aromatic nitrogens is 2. The van der Waals surface area contributed by atoms with Gasteiger partial charge in [-0.05, 0) is 25.5 Å². The van der Waals surface area contributed by atoms with Crippen LogP contribution >= 0.6 is 0 Å². The number of hydrogen-bond donors (Lipinski definition) is 1. The van der Waals surface area contributed by atoms with Crippen molar-refractivity contribution in [3.05, 3.63) is 30.1 Å². The fourth-order valence-corrected chi connectivity index (χ4v) is 5.76. The molecule has 41 heavy (non-hydrogen) atoms. The number of carbonyl (C=O) groups excluding carboxylic acids is 1. The van der Waals surface area contributed by atoms with E-state index in [1.165, 1.54) is 4.57 Å². The summed E-state index contributed by atoms with van der Waals surface area (Å²) in [5.74, 6) is -0.0277. The van der Waals surface area contributed by atoms with E-state index in [9.17, 15) is 13.6 Å². The lowest BCUT2D eigenvalue weighted by Crippen LogP contribution is -2.55. The molecule has 0 bridgehead atoms. The van der Waals surface area contributed by atoms with Gasteiger partial charge in [0, 0.05) is 59.5 Å². The summed E-state index contributed by atoms with van der Waals surface area (Å²) in [5, 5.41) is 3.21. The molecule has 0 aliphatic carbocycles. The van der Waals surface area contributed by atoms with E-state index in [4.69, 9.17) is 19.5 Å². The van der Waals surface area contributed by atoms with Gasteiger partial charge < -0.3 is 19.7 Å². The lowest BCUT2D eigenvalue weighted by Gasteiger charge is -2.38. The van der Waals surface area contributed by atoms with Gasteiger partial charge in [-0.3, -0.25) is 19.2 Å². The number of benzene rings is 1. The second-order valence-electron chi connectivity index (χ2n) is 10.7. The maximum atomic E-state index is 14.3. The van der Waals surface area contributed by atoms with Gasteiger partial charge >= 0.3 is 0 Å². The minimum Gasteiger partial charge on any atom is -0.385 e. The normalized spacial score (nSPS) is 23.5. The summed E-state index contributed by atoms with van der Waals surface area (Å²) in [6.45, 7) is 10.8. The average Bonchev–Trinajstić information content (AvgIpc) is 3.38. The Balaban J connectivity index is 1.38. The first-order chi connectivity index (χ1) is 19.9. The summed E-state index contributed by atoms with van der Waals surface area (Å²) in [4.78, 5) is 33.7. The predicted molar refractivity (Wildman–Crippen MR) is 152 cm³/mol. The molecule has 0 saturated carbocycles. The van der Waals surface area contributed by atoms with E-state index in [0.717, 1.165) is 32.7 Å². The highest BCUT2D eigenvalue weighted by Crippen LogP contribution is 2.29. The van der Waals surface area contributed by atoms with Crippen LogP contribution in [0.5, 0.6) is 0 Å². The lowest BCUT2D eigenvalue weighted by molar-refractivity contribution is -0.134. The number of rotatable bonds is 8. The highest BCUT2D eigenvalue weighted by atomic mass is 19.3. The van der Waals surface area contributed by atoms with E-state index >= 15 is 0 Å². The number of para-hydroxylation sites is 2. The molecule has 13 heteroatoms. The van der Waals surface area contributed by atoms with Gasteiger partial charge in [-0.2, -0.15) is 4.99 Å². The second kappa shape index (κ2) is 13.3. The molecular weight excluding hydrogens is 534 g/mol. The Morgan fingerprint density at radius 1 is 1.15 bits per heavy atom. The van der Waals surface area contributed by atoms with E-state index in [1.807, 2.05) is 11.8 Å². The number of alkyl halides is 2. The third-order valence-corrected chi connectivity index (χ3v) is 7.98. The van der Waals surface area contributed by atoms with Crippen LogP contribution in [0.2, 0.25) is 0 Å². The molecule has 3 aliphatic heterocycles. The van der Waals surface area contributed by atoms with E-state index in [1.54, 1.807) is 38.3 Å². The van der Waals surface area contributed by atoms with Gasteiger partial charge in [-0.1, -0.05) is 19.1 Å². The minimum atomic E-state index is -2.79. The van der Waals surface area contributed by atoms with Crippen LogP contribution in [0.3, 0.4) is 0 Å². The number of carbonyl (C=O) groups is 1. The molecule has 224 valence electrons. The molecule has 2 fully saturated rings. The Kier molecular flexibility index (Phi) is 9.58. The van der Waals surface area contributed by atoms with E-state index in [-0.39, 0.29) is 29.8 Å².